The smallest absolute Gasteiger partial charge is 0.324 e. The van der Waals surface area contributed by atoms with E-state index in [4.69, 9.17) is 0 Å². The van der Waals surface area contributed by atoms with Crippen molar-refractivity contribution < 1.29 is 9.59 Å². The average molecular weight is 212 g/mol. The molecule has 1 N–H and O–H groups in total. The van der Waals surface area contributed by atoms with Crippen LogP contribution in [0.4, 0.5) is 4.79 Å². The topological polar surface area (TPSA) is 49.4 Å². The normalized spacial score (nSPS) is 22.9. The van der Waals surface area contributed by atoms with Gasteiger partial charge in [-0.25, -0.2) is 4.79 Å². The van der Waals surface area contributed by atoms with Gasteiger partial charge in [-0.15, -0.1) is 0 Å². The molecule has 4 nitrogen and oxygen atoms in total. The first-order valence-electron chi connectivity index (χ1n) is 5.49. The van der Waals surface area contributed by atoms with Gasteiger partial charge in [-0.2, -0.15) is 0 Å². The summed E-state index contributed by atoms with van der Waals surface area (Å²) in [6, 6.07) is -0.264. The Kier molecular flexibility index (Phi) is 3.37. The minimum absolute atomic E-state index is 0.0342. The quantitative estimate of drug-likeness (QED) is 0.758. The van der Waals surface area contributed by atoms with E-state index < -0.39 is 5.54 Å². The molecule has 1 aliphatic heterocycles. The maximum Gasteiger partial charge on any atom is 0.324 e. The number of rotatable bonds is 2. The standard InChI is InChI=1S/C11H20N2O2/c1-5-6-8-7-12-10(15)13(9(8)14)11(2,3)4/h8H,5-7H2,1-4H3,(H,12,15). The number of urea groups is 1. The molecule has 0 spiro atoms. The molecule has 1 saturated heterocycles. The van der Waals surface area contributed by atoms with Crippen molar-refractivity contribution in [3.63, 3.8) is 0 Å². The van der Waals surface area contributed by atoms with Gasteiger partial charge in [-0.05, 0) is 27.2 Å². The fourth-order valence-corrected chi connectivity index (χ4v) is 1.87. The zero-order valence-electron chi connectivity index (χ0n) is 9.96. The summed E-state index contributed by atoms with van der Waals surface area (Å²) in [5.41, 5.74) is -0.437. The summed E-state index contributed by atoms with van der Waals surface area (Å²) in [6.45, 7) is 8.15. The van der Waals surface area contributed by atoms with Crippen LogP contribution in [0.1, 0.15) is 40.5 Å². The van der Waals surface area contributed by atoms with Crippen molar-refractivity contribution in [1.29, 1.82) is 0 Å². The number of carbonyl (C=O) groups is 2. The summed E-state index contributed by atoms with van der Waals surface area (Å²) in [6.07, 6.45) is 1.80. The summed E-state index contributed by atoms with van der Waals surface area (Å²) in [5, 5.41) is 2.77. The van der Waals surface area contributed by atoms with E-state index in [0.29, 0.717) is 6.54 Å². The highest BCUT2D eigenvalue weighted by atomic mass is 16.2. The molecule has 0 saturated carbocycles. The van der Waals surface area contributed by atoms with Crippen molar-refractivity contribution in [3.8, 4) is 0 Å². The Bertz CT molecular complexity index is 268. The van der Waals surface area contributed by atoms with E-state index in [2.05, 4.69) is 5.32 Å². The van der Waals surface area contributed by atoms with E-state index in [1.165, 1.54) is 4.90 Å². The summed E-state index contributed by atoms with van der Waals surface area (Å²) in [5.74, 6) is -0.0833. The number of nitrogens with zero attached hydrogens (tertiary/aromatic N) is 1. The molecule has 1 fully saturated rings. The number of carbonyl (C=O) groups excluding carboxylic acids is 2. The summed E-state index contributed by atoms with van der Waals surface area (Å²) in [7, 11) is 0. The Morgan fingerprint density at radius 2 is 2.00 bits per heavy atom. The van der Waals surface area contributed by atoms with Gasteiger partial charge in [0.15, 0.2) is 0 Å². The van der Waals surface area contributed by atoms with E-state index in [9.17, 15) is 9.59 Å². The average Bonchev–Trinajstić information content (AvgIpc) is 2.08. The van der Waals surface area contributed by atoms with Gasteiger partial charge in [0.1, 0.15) is 0 Å². The Morgan fingerprint density at radius 1 is 1.40 bits per heavy atom. The maximum atomic E-state index is 12.0. The minimum atomic E-state index is -0.437. The van der Waals surface area contributed by atoms with Crippen LogP contribution in [0, 0.1) is 5.92 Å². The van der Waals surface area contributed by atoms with Gasteiger partial charge in [0.2, 0.25) is 5.91 Å². The molecule has 0 radical (unpaired) electrons. The van der Waals surface area contributed by atoms with Crippen molar-refractivity contribution in [2.45, 2.75) is 46.1 Å². The molecule has 1 rings (SSSR count). The third kappa shape index (κ3) is 2.49. The molecule has 86 valence electrons. The Hall–Kier alpha value is -1.06. The second-order valence-corrected chi connectivity index (χ2v) is 5.02. The first kappa shape index (κ1) is 12.0. The van der Waals surface area contributed by atoms with Crippen molar-refractivity contribution in [2.24, 2.45) is 5.92 Å². The van der Waals surface area contributed by atoms with Crippen LogP contribution in [0.2, 0.25) is 0 Å². The van der Waals surface area contributed by atoms with Gasteiger partial charge < -0.3 is 5.32 Å². The molecule has 1 aliphatic rings. The molecule has 1 heterocycles. The lowest BCUT2D eigenvalue weighted by molar-refractivity contribution is -0.138. The largest absolute Gasteiger partial charge is 0.337 e. The Labute approximate surface area is 91.0 Å². The highest BCUT2D eigenvalue weighted by molar-refractivity contribution is 5.98. The molecule has 0 aromatic heterocycles. The minimum Gasteiger partial charge on any atom is -0.337 e. The molecule has 0 aromatic carbocycles. The van der Waals surface area contributed by atoms with E-state index in [1.807, 2.05) is 27.7 Å². The van der Waals surface area contributed by atoms with Crippen LogP contribution in [0.15, 0.2) is 0 Å². The molecule has 0 bridgehead atoms. The van der Waals surface area contributed by atoms with Gasteiger partial charge in [-0.3, -0.25) is 9.69 Å². The van der Waals surface area contributed by atoms with E-state index in [0.717, 1.165) is 12.8 Å². The molecule has 15 heavy (non-hydrogen) atoms. The molecule has 1 atom stereocenters. The predicted molar refractivity (Wildman–Crippen MR) is 58.4 cm³/mol. The highest BCUT2D eigenvalue weighted by Crippen LogP contribution is 2.22. The summed E-state index contributed by atoms with van der Waals surface area (Å²) >= 11 is 0. The van der Waals surface area contributed by atoms with Gasteiger partial charge in [0, 0.05) is 12.1 Å². The van der Waals surface area contributed by atoms with E-state index >= 15 is 0 Å². The fraction of sp³-hybridized carbons (Fsp3) is 0.818. The van der Waals surface area contributed by atoms with Crippen LogP contribution in [0.3, 0.4) is 0 Å². The van der Waals surface area contributed by atoms with Crippen molar-refractivity contribution >= 4 is 11.9 Å². The zero-order chi connectivity index (χ0) is 11.6. The van der Waals surface area contributed by atoms with E-state index in [1.54, 1.807) is 0 Å². The number of hydrogen-bond donors (Lipinski definition) is 1. The Balaban J connectivity index is 2.84. The van der Waals surface area contributed by atoms with Crippen LogP contribution in [-0.2, 0) is 4.79 Å². The Morgan fingerprint density at radius 3 is 2.47 bits per heavy atom. The van der Waals surface area contributed by atoms with Crippen LogP contribution < -0.4 is 5.32 Å². The van der Waals surface area contributed by atoms with Crippen LogP contribution in [0.25, 0.3) is 0 Å². The van der Waals surface area contributed by atoms with Gasteiger partial charge >= 0.3 is 6.03 Å². The lowest BCUT2D eigenvalue weighted by Crippen LogP contribution is -2.61. The summed E-state index contributed by atoms with van der Waals surface area (Å²) in [4.78, 5) is 25.0. The van der Waals surface area contributed by atoms with Crippen molar-refractivity contribution in [2.75, 3.05) is 6.54 Å². The molecule has 4 heteroatoms. The van der Waals surface area contributed by atoms with Gasteiger partial charge in [-0.1, -0.05) is 13.3 Å². The molecule has 3 amide bonds. The molecular weight excluding hydrogens is 192 g/mol. The molecule has 1 unspecified atom stereocenters. The maximum absolute atomic E-state index is 12.0. The fourth-order valence-electron chi connectivity index (χ4n) is 1.87. The number of imide groups is 1. The van der Waals surface area contributed by atoms with Gasteiger partial charge in [0.25, 0.3) is 0 Å². The highest BCUT2D eigenvalue weighted by Gasteiger charge is 2.39. The first-order valence-corrected chi connectivity index (χ1v) is 5.49. The summed E-state index contributed by atoms with van der Waals surface area (Å²) < 4.78 is 0. The zero-order valence-corrected chi connectivity index (χ0v) is 9.96. The molecule has 0 aliphatic carbocycles. The predicted octanol–water partition coefficient (Wildman–Crippen LogP) is 1.75. The second kappa shape index (κ2) is 4.21. The number of hydrogen-bond acceptors (Lipinski definition) is 2. The molecule has 0 aromatic rings. The monoisotopic (exact) mass is 212 g/mol. The number of amides is 3. The van der Waals surface area contributed by atoms with E-state index in [-0.39, 0.29) is 17.9 Å². The van der Waals surface area contributed by atoms with Crippen molar-refractivity contribution in [3.05, 3.63) is 0 Å². The van der Waals surface area contributed by atoms with Crippen molar-refractivity contribution in [1.82, 2.24) is 10.2 Å². The van der Waals surface area contributed by atoms with Crippen LogP contribution >= 0.6 is 0 Å². The SMILES string of the molecule is CCCC1CNC(=O)N(C(C)(C)C)C1=O. The lowest BCUT2D eigenvalue weighted by Gasteiger charge is -2.39. The van der Waals surface area contributed by atoms with Crippen LogP contribution in [0.5, 0.6) is 0 Å². The van der Waals surface area contributed by atoms with Gasteiger partial charge in [0.05, 0.1) is 5.92 Å². The third-order valence-corrected chi connectivity index (χ3v) is 2.58. The lowest BCUT2D eigenvalue weighted by atomic mass is 9.96. The second-order valence-electron chi connectivity index (χ2n) is 5.02. The first-order chi connectivity index (χ1) is 6.88. The third-order valence-electron chi connectivity index (χ3n) is 2.58. The number of nitrogens with one attached hydrogen (secondary N) is 1. The van der Waals surface area contributed by atoms with Crippen LogP contribution in [-0.4, -0.2) is 28.9 Å². The molecular formula is C11H20N2O2.